The Labute approximate surface area is 188 Å². The van der Waals surface area contributed by atoms with E-state index in [4.69, 9.17) is 21.1 Å². The van der Waals surface area contributed by atoms with Crippen molar-refractivity contribution < 1.29 is 32.2 Å². The molecule has 0 unspecified atom stereocenters. The van der Waals surface area contributed by atoms with Crippen molar-refractivity contribution in [1.82, 2.24) is 15.1 Å². The Hall–Kier alpha value is -2.20. The van der Waals surface area contributed by atoms with E-state index in [0.717, 1.165) is 6.07 Å². The van der Waals surface area contributed by atoms with Gasteiger partial charge in [-0.1, -0.05) is 23.7 Å². The number of nitrogens with zero attached hydrogens (tertiary/aromatic N) is 2. The van der Waals surface area contributed by atoms with Crippen LogP contribution in [0.25, 0.3) is 0 Å². The number of morpholine rings is 1. The molecule has 0 aromatic heterocycles. The quantitative estimate of drug-likeness (QED) is 0.727. The number of fused-ring (bicyclic) bond motifs is 1. The predicted octanol–water partition coefficient (Wildman–Crippen LogP) is 2.95. The molecule has 1 aromatic rings. The molecule has 3 amide bonds. The Kier molecular flexibility index (Phi) is 6.71. The number of piperidine rings is 2. The minimum atomic E-state index is -3.68. The third kappa shape index (κ3) is 4.76. The van der Waals surface area contributed by atoms with E-state index in [1.807, 2.05) is 0 Å². The summed E-state index contributed by atoms with van der Waals surface area (Å²) in [5, 5.41) is 2.58. The van der Waals surface area contributed by atoms with Gasteiger partial charge in [0.1, 0.15) is 18.5 Å². The van der Waals surface area contributed by atoms with Gasteiger partial charge in [0.25, 0.3) is 0 Å². The molecule has 2 atom stereocenters. The second-order valence-electron chi connectivity index (χ2n) is 8.30. The van der Waals surface area contributed by atoms with E-state index in [9.17, 15) is 22.8 Å². The van der Waals surface area contributed by atoms with Crippen molar-refractivity contribution in [3.63, 3.8) is 0 Å². The number of carbonyl (C=O) groups is 2. The van der Waals surface area contributed by atoms with Crippen molar-refractivity contribution in [2.75, 3.05) is 39.5 Å². The first-order chi connectivity index (χ1) is 15.3. The SMILES string of the molecule is O=C1CO[C@H]2CCN(C(=O)N3CCC(Oc4cccc(C(F)(F)CF)c4Cl)CC3)C[C@H]2N1. The molecule has 3 heterocycles. The summed E-state index contributed by atoms with van der Waals surface area (Å²) in [6, 6.07) is 3.60. The molecule has 1 N–H and O–H groups in total. The fourth-order valence-corrected chi connectivity index (χ4v) is 4.68. The normalized spacial score (nSPS) is 24.7. The minimum absolute atomic E-state index is 0.0565. The van der Waals surface area contributed by atoms with Crippen molar-refractivity contribution >= 4 is 23.5 Å². The molecule has 11 heteroatoms. The third-order valence-electron chi connectivity index (χ3n) is 6.13. The first kappa shape index (κ1) is 23.0. The largest absolute Gasteiger partial charge is 0.489 e. The highest BCUT2D eigenvalue weighted by Crippen LogP contribution is 2.39. The molecule has 0 saturated carbocycles. The van der Waals surface area contributed by atoms with E-state index in [0.29, 0.717) is 45.4 Å². The molecule has 0 spiro atoms. The maximum Gasteiger partial charge on any atom is 0.320 e. The summed E-state index contributed by atoms with van der Waals surface area (Å²) in [7, 11) is 0. The van der Waals surface area contributed by atoms with Gasteiger partial charge < -0.3 is 24.6 Å². The van der Waals surface area contributed by atoms with Crippen LogP contribution in [-0.4, -0.2) is 79.4 Å². The Balaban J connectivity index is 1.31. The lowest BCUT2D eigenvalue weighted by Gasteiger charge is -2.43. The topological polar surface area (TPSA) is 71.1 Å². The van der Waals surface area contributed by atoms with Crippen LogP contribution in [0.4, 0.5) is 18.0 Å². The lowest BCUT2D eigenvalue weighted by Crippen LogP contribution is -2.62. The van der Waals surface area contributed by atoms with Crippen LogP contribution >= 0.6 is 11.6 Å². The van der Waals surface area contributed by atoms with Crippen molar-refractivity contribution in [3.8, 4) is 5.75 Å². The fraction of sp³-hybridized carbons (Fsp3) is 0.619. The molecule has 32 heavy (non-hydrogen) atoms. The predicted molar refractivity (Wildman–Crippen MR) is 110 cm³/mol. The number of benzene rings is 1. The third-order valence-corrected chi connectivity index (χ3v) is 6.52. The van der Waals surface area contributed by atoms with E-state index in [2.05, 4.69) is 5.32 Å². The Morgan fingerprint density at radius 1 is 1.22 bits per heavy atom. The molecule has 7 nitrogen and oxygen atoms in total. The molecule has 1 aromatic carbocycles. The van der Waals surface area contributed by atoms with E-state index < -0.39 is 18.2 Å². The smallest absolute Gasteiger partial charge is 0.320 e. The van der Waals surface area contributed by atoms with Gasteiger partial charge in [-0.3, -0.25) is 4.79 Å². The summed E-state index contributed by atoms with van der Waals surface area (Å²) < 4.78 is 51.5. The number of carbonyl (C=O) groups excluding carboxylic acids is 2. The molecule has 0 bridgehead atoms. The lowest BCUT2D eigenvalue weighted by molar-refractivity contribution is -0.139. The van der Waals surface area contributed by atoms with Crippen molar-refractivity contribution in [1.29, 1.82) is 0 Å². The summed E-state index contributed by atoms with van der Waals surface area (Å²) in [4.78, 5) is 27.9. The maximum absolute atomic E-state index is 13.8. The number of halogens is 4. The van der Waals surface area contributed by atoms with Crippen LogP contribution in [-0.2, 0) is 15.5 Å². The number of hydrogen-bond donors (Lipinski definition) is 1. The molecule has 3 fully saturated rings. The van der Waals surface area contributed by atoms with Crippen LogP contribution in [0.2, 0.25) is 5.02 Å². The number of alkyl halides is 3. The molecule has 176 valence electrons. The van der Waals surface area contributed by atoms with Gasteiger partial charge in [0.05, 0.1) is 17.2 Å². The average Bonchev–Trinajstić information content (AvgIpc) is 2.80. The zero-order valence-electron chi connectivity index (χ0n) is 17.4. The highest BCUT2D eigenvalue weighted by molar-refractivity contribution is 6.32. The van der Waals surface area contributed by atoms with E-state index in [1.54, 1.807) is 9.80 Å². The highest BCUT2D eigenvalue weighted by Gasteiger charge is 2.38. The van der Waals surface area contributed by atoms with Crippen LogP contribution in [0.5, 0.6) is 5.75 Å². The van der Waals surface area contributed by atoms with Crippen LogP contribution < -0.4 is 10.1 Å². The number of nitrogens with one attached hydrogen (secondary N) is 1. The Bertz CT molecular complexity index is 867. The van der Waals surface area contributed by atoms with Crippen molar-refractivity contribution in [3.05, 3.63) is 28.8 Å². The highest BCUT2D eigenvalue weighted by atomic mass is 35.5. The van der Waals surface area contributed by atoms with E-state index in [1.165, 1.54) is 12.1 Å². The first-order valence-corrected chi connectivity index (χ1v) is 11.0. The van der Waals surface area contributed by atoms with Gasteiger partial charge >= 0.3 is 12.0 Å². The minimum Gasteiger partial charge on any atom is -0.489 e. The summed E-state index contributed by atoms with van der Waals surface area (Å²) >= 11 is 6.06. The number of hydrogen-bond acceptors (Lipinski definition) is 4. The van der Waals surface area contributed by atoms with Gasteiger partial charge in [0, 0.05) is 44.6 Å². The average molecular weight is 476 g/mol. The standard InChI is InChI=1S/C21H25ClF3N3O4/c22-19-14(21(24,25)12-23)2-1-3-17(19)32-13-4-7-27(8-5-13)20(30)28-9-6-16-15(10-28)26-18(29)11-31-16/h1-3,13,15-16H,4-12H2,(H,26,29)/t15-,16+/m1/s1. The zero-order valence-corrected chi connectivity index (χ0v) is 18.1. The second kappa shape index (κ2) is 9.35. The molecule has 4 rings (SSSR count). The number of amides is 3. The van der Waals surface area contributed by atoms with E-state index >= 15 is 0 Å². The van der Waals surface area contributed by atoms with E-state index in [-0.39, 0.29) is 47.6 Å². The molecule has 3 aliphatic heterocycles. The summed E-state index contributed by atoms with van der Waals surface area (Å²) in [6.07, 6.45) is 1.30. The van der Waals surface area contributed by atoms with Crippen LogP contribution in [0.3, 0.4) is 0 Å². The van der Waals surface area contributed by atoms with Gasteiger partial charge in [-0.05, 0) is 12.5 Å². The molecular weight excluding hydrogens is 451 g/mol. The zero-order chi connectivity index (χ0) is 22.9. The second-order valence-corrected chi connectivity index (χ2v) is 8.68. The number of rotatable bonds is 4. The summed E-state index contributed by atoms with van der Waals surface area (Å²) in [6.45, 7) is 0.0453. The van der Waals surface area contributed by atoms with Crippen LogP contribution in [0.15, 0.2) is 18.2 Å². The van der Waals surface area contributed by atoms with Gasteiger partial charge in [-0.25, -0.2) is 9.18 Å². The monoisotopic (exact) mass is 475 g/mol. The van der Waals surface area contributed by atoms with Gasteiger partial charge in [-0.15, -0.1) is 0 Å². The van der Waals surface area contributed by atoms with Crippen molar-refractivity contribution in [2.24, 2.45) is 0 Å². The van der Waals surface area contributed by atoms with Gasteiger partial charge in [0.15, 0.2) is 6.67 Å². The lowest BCUT2D eigenvalue weighted by atomic mass is 10.0. The summed E-state index contributed by atoms with van der Waals surface area (Å²) in [5.74, 6) is -3.77. The van der Waals surface area contributed by atoms with Gasteiger partial charge in [-0.2, -0.15) is 8.78 Å². The fourth-order valence-electron chi connectivity index (χ4n) is 4.37. The Morgan fingerprint density at radius 3 is 2.66 bits per heavy atom. The molecule has 0 radical (unpaired) electrons. The number of ether oxygens (including phenoxy) is 2. The maximum atomic E-state index is 13.8. The number of urea groups is 1. The van der Waals surface area contributed by atoms with Gasteiger partial charge in [0.2, 0.25) is 5.91 Å². The van der Waals surface area contributed by atoms with Crippen molar-refractivity contribution in [2.45, 2.75) is 43.4 Å². The molecular formula is C21H25ClF3N3O4. The Morgan fingerprint density at radius 2 is 1.94 bits per heavy atom. The summed E-state index contributed by atoms with van der Waals surface area (Å²) in [5.41, 5.74) is -0.603. The first-order valence-electron chi connectivity index (χ1n) is 10.6. The van der Waals surface area contributed by atoms with Crippen LogP contribution in [0.1, 0.15) is 24.8 Å². The molecule has 3 aliphatic rings. The molecule has 3 saturated heterocycles. The van der Waals surface area contributed by atoms with Crippen LogP contribution in [0, 0.1) is 0 Å². The molecule has 0 aliphatic carbocycles. The number of likely N-dealkylation sites (tertiary alicyclic amines) is 2.